The summed E-state index contributed by atoms with van der Waals surface area (Å²) in [6.45, 7) is 1.37. The summed E-state index contributed by atoms with van der Waals surface area (Å²) in [5.74, 6) is -2.99. The number of halogens is 5. The van der Waals surface area contributed by atoms with E-state index < -0.39 is 29.5 Å². The minimum absolute atomic E-state index is 0.0420. The number of methoxy groups -OCH3 is 1. The second-order valence-electron chi connectivity index (χ2n) is 7.83. The van der Waals surface area contributed by atoms with Gasteiger partial charge in [0.1, 0.15) is 11.8 Å². The summed E-state index contributed by atoms with van der Waals surface area (Å²) in [7, 11) is 1.47. The fourth-order valence-electron chi connectivity index (χ4n) is 3.84. The lowest BCUT2D eigenvalue weighted by atomic mass is 10.0. The molecule has 1 heterocycles. The van der Waals surface area contributed by atoms with Crippen molar-refractivity contribution in [1.29, 1.82) is 0 Å². The topological polar surface area (TPSA) is 84.0 Å². The second-order valence-corrected chi connectivity index (χ2v) is 9.75. The quantitative estimate of drug-likeness (QED) is 0.133. The van der Waals surface area contributed by atoms with Crippen LogP contribution in [0.1, 0.15) is 48.4 Å². The zero-order chi connectivity index (χ0) is 27.2. The fourth-order valence-corrected chi connectivity index (χ4v) is 5.07. The lowest BCUT2D eigenvalue weighted by Gasteiger charge is -2.34. The number of ether oxygens (including phenoxy) is 1. The highest BCUT2D eigenvalue weighted by Crippen LogP contribution is 2.45. The van der Waals surface area contributed by atoms with E-state index in [0.717, 1.165) is 5.01 Å². The third-order valence-electron chi connectivity index (χ3n) is 5.73. The highest BCUT2D eigenvalue weighted by atomic mass is 35.5. The number of Topliss-reactive ketones (excluding diaryl/α,β-unsaturated/α-hetero) is 1. The molecule has 0 aliphatic carbocycles. The molecule has 0 saturated heterocycles. The number of carbonyl (C=O) groups is 4. The van der Waals surface area contributed by atoms with Gasteiger partial charge in [-0.05, 0) is 43.3 Å². The van der Waals surface area contributed by atoms with Crippen molar-refractivity contribution in [3.8, 4) is 5.75 Å². The molecule has 0 N–H and O–H groups in total. The molecule has 12 heteroatoms. The molecule has 190 valence electrons. The number of rotatable bonds is 6. The Balaban J connectivity index is 1.87. The molecule has 1 aliphatic rings. The molecule has 0 spiro atoms. The molecule has 3 aromatic carbocycles. The first-order valence-corrected chi connectivity index (χ1v) is 12.4. The van der Waals surface area contributed by atoms with Crippen molar-refractivity contribution in [2.45, 2.75) is 13.0 Å². The molecule has 7 nitrogen and oxygen atoms in total. The van der Waals surface area contributed by atoms with Crippen LogP contribution in [0.5, 0.6) is 5.75 Å². The molecule has 1 atom stereocenters. The van der Waals surface area contributed by atoms with Gasteiger partial charge in [0.05, 0.1) is 48.9 Å². The van der Waals surface area contributed by atoms with Crippen LogP contribution in [0.2, 0.25) is 25.1 Å². The van der Waals surface area contributed by atoms with Crippen LogP contribution in [0.25, 0.3) is 0 Å². The molecule has 0 radical (unpaired) electrons. The van der Waals surface area contributed by atoms with Gasteiger partial charge in [0.15, 0.2) is 5.78 Å². The van der Waals surface area contributed by atoms with Gasteiger partial charge in [-0.25, -0.2) is 5.01 Å². The molecule has 3 aromatic rings. The Morgan fingerprint density at radius 2 is 1.32 bits per heavy atom. The summed E-state index contributed by atoms with van der Waals surface area (Å²) >= 11 is 31.0. The lowest BCUT2D eigenvalue weighted by molar-refractivity contribution is -0.00679. The highest BCUT2D eigenvalue weighted by Gasteiger charge is 2.48. The Bertz CT molecular complexity index is 1430. The van der Waals surface area contributed by atoms with Gasteiger partial charge in [0, 0.05) is 5.56 Å². The zero-order valence-electron chi connectivity index (χ0n) is 19.0. The molecular weight excluding hydrogens is 586 g/mol. The molecule has 0 bridgehead atoms. The average Bonchev–Trinajstić information content (AvgIpc) is 3.16. The molecule has 37 heavy (non-hydrogen) atoms. The normalized spacial score (nSPS) is 13.4. The third kappa shape index (κ3) is 4.56. The first-order chi connectivity index (χ1) is 17.5. The van der Waals surface area contributed by atoms with Crippen LogP contribution in [0.3, 0.4) is 0 Å². The molecule has 1 aliphatic heterocycles. The smallest absolute Gasteiger partial charge is 0.282 e. The maximum absolute atomic E-state index is 13.8. The molecule has 0 aromatic heterocycles. The van der Waals surface area contributed by atoms with Gasteiger partial charge >= 0.3 is 0 Å². The number of fused-ring (bicyclic) bond motifs is 1. The van der Waals surface area contributed by atoms with E-state index in [-0.39, 0.29) is 47.4 Å². The lowest BCUT2D eigenvalue weighted by Crippen LogP contribution is -2.56. The summed E-state index contributed by atoms with van der Waals surface area (Å²) in [6.07, 6.45) is 0. The molecule has 0 saturated carbocycles. The van der Waals surface area contributed by atoms with E-state index >= 15 is 0 Å². The predicted molar refractivity (Wildman–Crippen MR) is 141 cm³/mol. The number of hydrogen-bond donors (Lipinski definition) is 0. The SMILES string of the molecule is COc1ccc(C(=O)[C@@H](C)N(C(=O)c2ccccc2Cl)N2C(=O)c3c(Cl)c(Cl)c(Cl)c(Cl)c3C2=O)cc1. The monoisotopic (exact) mass is 598 g/mol. The van der Waals surface area contributed by atoms with Gasteiger partial charge in [-0.1, -0.05) is 70.1 Å². The van der Waals surface area contributed by atoms with Crippen LogP contribution in [0.4, 0.5) is 0 Å². The Kier molecular flexibility index (Phi) is 7.74. The summed E-state index contributed by atoms with van der Waals surface area (Å²) in [6, 6.07) is 10.7. The molecule has 3 amide bonds. The van der Waals surface area contributed by atoms with Gasteiger partial charge < -0.3 is 4.74 Å². The van der Waals surface area contributed by atoms with E-state index in [1.165, 1.54) is 38.3 Å². The maximum Gasteiger partial charge on any atom is 0.282 e. The second kappa shape index (κ2) is 10.5. The molecule has 0 fully saturated rings. The zero-order valence-corrected chi connectivity index (χ0v) is 22.8. The number of hydrazine groups is 1. The average molecular weight is 601 g/mol. The number of ketones is 1. The van der Waals surface area contributed by atoms with Gasteiger partial charge in [0.2, 0.25) is 0 Å². The number of hydrogen-bond acceptors (Lipinski definition) is 5. The van der Waals surface area contributed by atoms with Crippen LogP contribution >= 0.6 is 58.0 Å². The fraction of sp³-hybridized carbons (Fsp3) is 0.120. The number of carbonyl (C=O) groups excluding carboxylic acids is 4. The molecule has 0 unspecified atom stereocenters. The van der Waals surface area contributed by atoms with Crippen molar-refractivity contribution in [1.82, 2.24) is 10.0 Å². The van der Waals surface area contributed by atoms with Crippen molar-refractivity contribution < 1.29 is 23.9 Å². The Labute approximate surface area is 236 Å². The van der Waals surface area contributed by atoms with E-state index in [1.54, 1.807) is 24.3 Å². The van der Waals surface area contributed by atoms with Crippen LogP contribution in [0.15, 0.2) is 48.5 Å². The van der Waals surface area contributed by atoms with Crippen molar-refractivity contribution >= 4 is 81.5 Å². The highest BCUT2D eigenvalue weighted by molar-refractivity contribution is 6.55. The van der Waals surface area contributed by atoms with Crippen molar-refractivity contribution in [2.75, 3.05) is 7.11 Å². The predicted octanol–water partition coefficient (Wildman–Crippen LogP) is 6.89. The molecular formula is C25H15Cl5N2O5. The van der Waals surface area contributed by atoms with Gasteiger partial charge in [-0.3, -0.25) is 19.2 Å². The summed E-state index contributed by atoms with van der Waals surface area (Å²) in [4.78, 5) is 54.4. The largest absolute Gasteiger partial charge is 0.497 e. The Hall–Kier alpha value is -2.81. The van der Waals surface area contributed by atoms with E-state index in [1.807, 2.05) is 0 Å². The van der Waals surface area contributed by atoms with Crippen LogP contribution in [-0.4, -0.2) is 46.7 Å². The minimum atomic E-state index is -1.36. The third-order valence-corrected chi connectivity index (χ3v) is 7.86. The van der Waals surface area contributed by atoms with Crippen molar-refractivity contribution in [3.05, 3.63) is 95.9 Å². The number of nitrogens with zero attached hydrogens (tertiary/aromatic N) is 2. The van der Waals surface area contributed by atoms with E-state index in [0.29, 0.717) is 10.8 Å². The first-order valence-electron chi connectivity index (χ1n) is 10.5. The van der Waals surface area contributed by atoms with Gasteiger partial charge in [0.25, 0.3) is 17.7 Å². The van der Waals surface area contributed by atoms with Gasteiger partial charge in [-0.15, -0.1) is 0 Å². The minimum Gasteiger partial charge on any atom is -0.497 e. The van der Waals surface area contributed by atoms with E-state index in [4.69, 9.17) is 62.7 Å². The summed E-state index contributed by atoms with van der Waals surface area (Å²) in [5, 5.41) is 0.181. The Morgan fingerprint density at radius 3 is 1.81 bits per heavy atom. The van der Waals surface area contributed by atoms with E-state index in [9.17, 15) is 19.2 Å². The van der Waals surface area contributed by atoms with Crippen molar-refractivity contribution in [2.24, 2.45) is 0 Å². The van der Waals surface area contributed by atoms with E-state index in [2.05, 4.69) is 0 Å². The standard InChI is InChI=1S/C25H15Cl5N2O5/c1-11(22(33)12-7-9-13(37-2)10-8-12)31(23(34)14-5-3-4-6-15(14)26)32-24(35)16-17(25(32)36)19(28)21(30)20(29)18(16)27/h3-11H,1-2H3/t11-/m1/s1. The van der Waals surface area contributed by atoms with Crippen LogP contribution < -0.4 is 4.74 Å². The van der Waals surface area contributed by atoms with Crippen LogP contribution in [0, 0.1) is 0 Å². The first kappa shape index (κ1) is 27.2. The summed E-state index contributed by atoms with van der Waals surface area (Å²) < 4.78 is 5.12. The number of imide groups is 1. The molecule has 4 rings (SSSR count). The van der Waals surface area contributed by atoms with Crippen molar-refractivity contribution in [3.63, 3.8) is 0 Å². The number of amides is 3. The maximum atomic E-state index is 13.8. The number of benzene rings is 3. The Morgan fingerprint density at radius 1 is 0.811 bits per heavy atom. The van der Waals surface area contributed by atoms with Crippen LogP contribution in [-0.2, 0) is 0 Å². The van der Waals surface area contributed by atoms with Gasteiger partial charge in [-0.2, -0.15) is 5.01 Å². The summed E-state index contributed by atoms with van der Waals surface area (Å²) in [5.41, 5.74) is -0.536.